The molecule has 0 bridgehead atoms. The summed E-state index contributed by atoms with van der Waals surface area (Å²) >= 11 is 1.47. The average molecular weight is 652 g/mol. The highest BCUT2D eigenvalue weighted by atomic mass is 32.2. The van der Waals surface area contributed by atoms with Crippen molar-refractivity contribution in [3.8, 4) is 17.2 Å². The van der Waals surface area contributed by atoms with Gasteiger partial charge in [-0.15, -0.1) is 10.2 Å². The number of amides is 2. The van der Waals surface area contributed by atoms with Crippen molar-refractivity contribution in [2.75, 3.05) is 50.3 Å². The number of nitrogens with zero attached hydrogens (tertiary/aromatic N) is 6. The Hall–Kier alpha value is -5.15. The number of allylic oxidation sites excluding steroid dienone is 3. The van der Waals surface area contributed by atoms with Gasteiger partial charge >= 0.3 is 0 Å². The lowest BCUT2D eigenvalue weighted by Gasteiger charge is -2.24. The number of carbonyl (C=O) groups excluding carboxylic acids is 2. The van der Waals surface area contributed by atoms with Gasteiger partial charge in [-0.3, -0.25) is 14.6 Å². The zero-order valence-corrected chi connectivity index (χ0v) is 28.5. The Labute approximate surface area is 280 Å². The predicted molar refractivity (Wildman–Crippen MR) is 191 cm³/mol. The molecule has 2 heterocycles. The molecule has 4 rings (SSSR count). The van der Waals surface area contributed by atoms with Crippen LogP contribution in [-0.2, 0) is 4.79 Å². The van der Waals surface area contributed by atoms with Crippen LogP contribution in [0.4, 0.5) is 22.9 Å². The molecule has 2 amide bonds. The first kappa shape index (κ1) is 34.7. The van der Waals surface area contributed by atoms with Crippen molar-refractivity contribution < 1.29 is 9.59 Å². The number of benzene rings is 1. The number of carbonyl (C=O) groups is 2. The number of hydrogen-bond donors (Lipinski definition) is 3. The molecule has 1 aliphatic carbocycles. The molecule has 0 aliphatic heterocycles. The van der Waals surface area contributed by atoms with Gasteiger partial charge < -0.3 is 25.8 Å². The van der Waals surface area contributed by atoms with Crippen LogP contribution in [0.3, 0.4) is 0 Å². The highest BCUT2D eigenvalue weighted by Gasteiger charge is 2.30. The van der Waals surface area contributed by atoms with Gasteiger partial charge in [-0.2, -0.15) is 5.26 Å². The molecule has 1 aromatic carbocycles. The van der Waals surface area contributed by atoms with E-state index in [4.69, 9.17) is 4.98 Å². The van der Waals surface area contributed by atoms with Crippen LogP contribution < -0.4 is 20.9 Å². The van der Waals surface area contributed by atoms with Crippen LogP contribution in [0.5, 0.6) is 0 Å². The third kappa shape index (κ3) is 8.77. The van der Waals surface area contributed by atoms with E-state index in [1.54, 1.807) is 6.07 Å². The molecule has 3 N–H and O–H groups in total. The molecule has 3 aromatic rings. The number of hydrogen-bond acceptors (Lipinski definition) is 10. The lowest BCUT2D eigenvalue weighted by Crippen LogP contribution is -2.23. The maximum absolute atomic E-state index is 12.7. The molecule has 0 unspecified atom stereocenters. The van der Waals surface area contributed by atoms with E-state index in [0.717, 1.165) is 58.1 Å². The van der Waals surface area contributed by atoms with Crippen molar-refractivity contribution >= 4 is 52.2 Å². The van der Waals surface area contributed by atoms with Gasteiger partial charge in [0.15, 0.2) is 11.5 Å². The fraction of sp³-hybridized carbons (Fsp3) is 0.314. The molecule has 0 saturated heterocycles. The van der Waals surface area contributed by atoms with Crippen LogP contribution in [0.2, 0.25) is 0 Å². The second-order valence-corrected chi connectivity index (χ2v) is 12.4. The number of thioether (sulfide) groups is 1. The number of likely N-dealkylation sites (N-methyl/N-ethyl adjacent to an activating group) is 1. The molecule has 244 valence electrons. The summed E-state index contributed by atoms with van der Waals surface area (Å²) in [6, 6.07) is 13.7. The van der Waals surface area contributed by atoms with Crippen LogP contribution in [0, 0.1) is 17.2 Å². The molecule has 0 atom stereocenters. The van der Waals surface area contributed by atoms with Gasteiger partial charge in [0.2, 0.25) is 5.91 Å². The fourth-order valence-corrected chi connectivity index (χ4v) is 5.77. The van der Waals surface area contributed by atoms with Crippen LogP contribution in [0.25, 0.3) is 16.8 Å². The monoisotopic (exact) mass is 651 g/mol. The molecule has 2 aromatic heterocycles. The average Bonchev–Trinajstić information content (AvgIpc) is 3.92. The van der Waals surface area contributed by atoms with Crippen molar-refractivity contribution in [1.29, 1.82) is 5.26 Å². The number of anilines is 4. The van der Waals surface area contributed by atoms with E-state index in [0.29, 0.717) is 17.1 Å². The van der Waals surface area contributed by atoms with E-state index in [9.17, 15) is 14.9 Å². The molecule has 1 fully saturated rings. The third-order valence-electron chi connectivity index (χ3n) is 7.46. The summed E-state index contributed by atoms with van der Waals surface area (Å²) in [4.78, 5) is 35.6. The van der Waals surface area contributed by atoms with Crippen LogP contribution >= 0.6 is 11.8 Å². The fourth-order valence-electron chi connectivity index (χ4n) is 4.81. The second kappa shape index (κ2) is 15.9. The van der Waals surface area contributed by atoms with Gasteiger partial charge in [-0.05, 0) is 38.3 Å². The first-order valence-corrected chi connectivity index (χ1v) is 16.2. The summed E-state index contributed by atoms with van der Waals surface area (Å²) < 4.78 is 0. The van der Waals surface area contributed by atoms with Crippen LogP contribution in [0.15, 0.2) is 71.1 Å². The smallest absolute Gasteiger partial charge is 0.273 e. The molecular formula is C35H41N9O2S. The highest BCUT2D eigenvalue weighted by Crippen LogP contribution is 2.39. The highest BCUT2D eigenvalue weighted by molar-refractivity contribution is 8.07. The van der Waals surface area contributed by atoms with Crippen molar-refractivity contribution in [2.45, 2.75) is 33.1 Å². The van der Waals surface area contributed by atoms with Gasteiger partial charge in [0.25, 0.3) is 5.91 Å². The van der Waals surface area contributed by atoms with E-state index in [-0.39, 0.29) is 23.3 Å². The Morgan fingerprint density at radius 3 is 2.51 bits per heavy atom. The van der Waals surface area contributed by atoms with Crippen molar-refractivity contribution in [1.82, 2.24) is 25.4 Å². The van der Waals surface area contributed by atoms with Crippen LogP contribution in [-0.4, -0.2) is 66.6 Å². The van der Waals surface area contributed by atoms with E-state index in [1.807, 2.05) is 80.5 Å². The molecule has 1 aliphatic rings. The van der Waals surface area contributed by atoms with E-state index < -0.39 is 5.91 Å². The third-order valence-corrected chi connectivity index (χ3v) is 8.56. The minimum absolute atomic E-state index is 0.00311. The maximum atomic E-state index is 12.7. The molecule has 0 radical (unpaired) electrons. The summed E-state index contributed by atoms with van der Waals surface area (Å²) in [5.74, 6) is -0.238. The zero-order valence-electron chi connectivity index (χ0n) is 27.7. The number of nitrogens with one attached hydrogen (secondary N) is 3. The largest absolute Gasteiger partial charge is 0.375 e. The molecule has 12 heteroatoms. The molecule has 11 nitrogen and oxygen atoms in total. The van der Waals surface area contributed by atoms with E-state index >= 15 is 0 Å². The number of pyridine rings is 1. The first-order valence-electron chi connectivity index (χ1n) is 15.4. The Kier molecular flexibility index (Phi) is 11.8. The van der Waals surface area contributed by atoms with Gasteiger partial charge in [0, 0.05) is 68.9 Å². The molecule has 0 spiro atoms. The Morgan fingerprint density at radius 2 is 1.91 bits per heavy atom. The topological polar surface area (TPSA) is 139 Å². The normalized spacial score (nSPS) is 13.0. The molecule has 47 heavy (non-hydrogen) atoms. The van der Waals surface area contributed by atoms with Crippen LogP contribution in [0.1, 0.15) is 49.3 Å². The number of rotatable bonds is 14. The summed E-state index contributed by atoms with van der Waals surface area (Å²) in [7, 11) is 7.38. The molecular weight excluding hydrogens is 611 g/mol. The Bertz CT molecular complexity index is 1740. The summed E-state index contributed by atoms with van der Waals surface area (Å²) in [6.45, 7) is 8.83. The van der Waals surface area contributed by atoms with E-state index in [2.05, 4.69) is 51.8 Å². The first-order chi connectivity index (χ1) is 22.6. The van der Waals surface area contributed by atoms with Crippen molar-refractivity contribution in [3.05, 3.63) is 82.5 Å². The minimum Gasteiger partial charge on any atom is -0.375 e. The summed E-state index contributed by atoms with van der Waals surface area (Å²) in [5.41, 5.74) is 5.41. The lowest BCUT2D eigenvalue weighted by atomic mass is 10.0. The zero-order chi connectivity index (χ0) is 34.1. The summed E-state index contributed by atoms with van der Waals surface area (Å²) in [5, 5.41) is 26.4. The predicted octanol–water partition coefficient (Wildman–Crippen LogP) is 6.41. The van der Waals surface area contributed by atoms with Gasteiger partial charge in [-0.25, -0.2) is 0 Å². The molecule has 1 saturated carbocycles. The second-order valence-electron chi connectivity index (χ2n) is 11.2. The quantitative estimate of drug-likeness (QED) is 0.168. The minimum atomic E-state index is -0.407. The van der Waals surface area contributed by atoms with Gasteiger partial charge in [0.05, 0.1) is 33.4 Å². The number of nitriles is 1. The van der Waals surface area contributed by atoms with Gasteiger partial charge in [0.1, 0.15) is 6.07 Å². The van der Waals surface area contributed by atoms with Crippen molar-refractivity contribution in [3.63, 3.8) is 0 Å². The standard InChI is InChI=1S/C35H41N9O2S/c1-8-11-26(47-25(9-2)19-36)21-44(7)22(3)28-17-16-24(20-38-28)27-12-10-13-29(33(27)43(5)6)39-30-18-31(40-34(45)23-14-15-23)41-42-32(30)35(46)37-4/h9-13,16-18,20,23H,3,8,14-15,21H2,1-2,4-7H3,(H,37,46)(H2,39,40,41,45)/b25-9-,26-11+. The Balaban J connectivity index is 1.60. The number of aromatic nitrogens is 3. The SMILES string of the molecule is C=C(c1ccc(-c2cccc(Nc3cc(NC(=O)C4CC4)nnc3C(=O)NC)c2N(C)C)cn1)N(C)C/C(=C\CC)S/C(C#N)=C\C. The maximum Gasteiger partial charge on any atom is 0.273 e. The van der Waals surface area contributed by atoms with E-state index in [1.165, 1.54) is 18.8 Å². The summed E-state index contributed by atoms with van der Waals surface area (Å²) in [6.07, 6.45) is 8.34. The Morgan fingerprint density at radius 1 is 1.15 bits per heavy atom. The lowest BCUT2D eigenvalue weighted by molar-refractivity contribution is -0.117. The number of para-hydroxylation sites is 1. The van der Waals surface area contributed by atoms with Gasteiger partial charge in [-0.1, -0.05) is 55.6 Å². The van der Waals surface area contributed by atoms with Crippen molar-refractivity contribution in [2.24, 2.45) is 5.92 Å².